The lowest BCUT2D eigenvalue weighted by Gasteiger charge is -2.26. The van der Waals surface area contributed by atoms with E-state index >= 15 is 0 Å². The quantitative estimate of drug-likeness (QED) is 0.783. The van der Waals surface area contributed by atoms with Crippen molar-refractivity contribution < 1.29 is 9.90 Å². The van der Waals surface area contributed by atoms with Crippen LogP contribution in [-0.4, -0.2) is 41.3 Å². The first-order valence-electron chi connectivity index (χ1n) is 8.09. The second kappa shape index (κ2) is 6.62. The van der Waals surface area contributed by atoms with E-state index in [1.807, 2.05) is 18.3 Å². The lowest BCUT2D eigenvalue weighted by atomic mass is 10.0. The molecular formula is C16H25N3O2. The summed E-state index contributed by atoms with van der Waals surface area (Å²) in [5, 5.41) is 15.9. The van der Waals surface area contributed by atoms with E-state index in [2.05, 4.69) is 15.2 Å². The number of aliphatic hydroxyl groups excluding tert-OH is 1. The number of hydrogen-bond donors (Lipinski definition) is 3. The van der Waals surface area contributed by atoms with Gasteiger partial charge in [-0.25, -0.2) is 0 Å². The molecular weight excluding hydrogens is 266 g/mol. The SMILES string of the molecule is O=C(NC1CCCC1CO)c1cccn1C1CCNCC1. The summed E-state index contributed by atoms with van der Waals surface area (Å²) >= 11 is 0. The maximum absolute atomic E-state index is 12.6. The molecule has 0 aromatic carbocycles. The number of hydrogen-bond acceptors (Lipinski definition) is 3. The molecule has 2 aliphatic rings. The van der Waals surface area contributed by atoms with Gasteiger partial charge in [0.2, 0.25) is 0 Å². The Hall–Kier alpha value is -1.33. The van der Waals surface area contributed by atoms with Crippen molar-refractivity contribution in [3.05, 3.63) is 24.0 Å². The van der Waals surface area contributed by atoms with Gasteiger partial charge in [0.05, 0.1) is 0 Å². The molecule has 2 atom stereocenters. The van der Waals surface area contributed by atoms with Crippen LogP contribution in [0, 0.1) is 5.92 Å². The zero-order chi connectivity index (χ0) is 14.7. The Morgan fingerprint density at radius 1 is 1.33 bits per heavy atom. The van der Waals surface area contributed by atoms with Gasteiger partial charge in [-0.05, 0) is 50.9 Å². The average molecular weight is 291 g/mol. The van der Waals surface area contributed by atoms with Crippen LogP contribution in [0.4, 0.5) is 0 Å². The molecule has 0 radical (unpaired) electrons. The summed E-state index contributed by atoms with van der Waals surface area (Å²) in [6.07, 6.45) is 7.23. The lowest BCUT2D eigenvalue weighted by molar-refractivity contribution is 0.0903. The molecule has 1 aromatic heterocycles. The molecule has 1 aliphatic carbocycles. The zero-order valence-electron chi connectivity index (χ0n) is 12.4. The Labute approximate surface area is 125 Å². The van der Waals surface area contributed by atoms with E-state index in [1.54, 1.807) is 0 Å². The highest BCUT2D eigenvalue weighted by molar-refractivity contribution is 5.93. The first-order valence-corrected chi connectivity index (χ1v) is 8.09. The van der Waals surface area contributed by atoms with E-state index in [0.717, 1.165) is 50.9 Å². The molecule has 3 rings (SSSR count). The summed E-state index contributed by atoms with van der Waals surface area (Å²) in [5.74, 6) is 0.222. The van der Waals surface area contributed by atoms with Crippen molar-refractivity contribution >= 4 is 5.91 Å². The summed E-state index contributed by atoms with van der Waals surface area (Å²) < 4.78 is 2.12. The van der Waals surface area contributed by atoms with Crippen LogP contribution < -0.4 is 10.6 Å². The molecule has 1 saturated heterocycles. The van der Waals surface area contributed by atoms with Crippen LogP contribution in [-0.2, 0) is 0 Å². The predicted octanol–water partition coefficient (Wildman–Crippen LogP) is 1.30. The van der Waals surface area contributed by atoms with E-state index in [0.29, 0.717) is 6.04 Å². The maximum atomic E-state index is 12.6. The molecule has 3 N–H and O–H groups in total. The first kappa shape index (κ1) is 14.6. The molecule has 116 valence electrons. The third kappa shape index (κ3) is 3.14. The standard InChI is InChI=1S/C16H25N3O2/c20-11-12-3-1-4-14(12)18-16(21)15-5-2-10-19(15)13-6-8-17-9-7-13/h2,5,10,12-14,17,20H,1,3-4,6-9,11H2,(H,18,21). The second-order valence-electron chi connectivity index (χ2n) is 6.24. The second-order valence-corrected chi connectivity index (χ2v) is 6.24. The number of aliphatic hydroxyl groups is 1. The average Bonchev–Trinajstić information content (AvgIpc) is 3.16. The third-order valence-electron chi connectivity index (χ3n) is 4.92. The van der Waals surface area contributed by atoms with Crippen LogP contribution in [0.5, 0.6) is 0 Å². The van der Waals surface area contributed by atoms with Gasteiger partial charge in [-0.15, -0.1) is 0 Å². The number of amides is 1. The van der Waals surface area contributed by atoms with Gasteiger partial charge >= 0.3 is 0 Å². The minimum atomic E-state index is 0.00360. The van der Waals surface area contributed by atoms with Crippen molar-refractivity contribution in [1.82, 2.24) is 15.2 Å². The van der Waals surface area contributed by atoms with Gasteiger partial charge in [0, 0.05) is 30.8 Å². The molecule has 1 aromatic rings. The molecule has 0 bridgehead atoms. The number of nitrogens with one attached hydrogen (secondary N) is 2. The molecule has 21 heavy (non-hydrogen) atoms. The summed E-state index contributed by atoms with van der Waals surface area (Å²) in [6, 6.07) is 4.40. The van der Waals surface area contributed by atoms with Gasteiger partial charge in [0.15, 0.2) is 0 Å². The van der Waals surface area contributed by atoms with E-state index in [4.69, 9.17) is 0 Å². The smallest absolute Gasteiger partial charge is 0.268 e. The monoisotopic (exact) mass is 291 g/mol. The Morgan fingerprint density at radius 2 is 2.14 bits per heavy atom. The Morgan fingerprint density at radius 3 is 2.90 bits per heavy atom. The number of nitrogens with zero attached hydrogens (tertiary/aromatic N) is 1. The molecule has 1 amide bonds. The van der Waals surface area contributed by atoms with Crippen LogP contribution in [0.3, 0.4) is 0 Å². The number of carbonyl (C=O) groups is 1. The van der Waals surface area contributed by atoms with Crippen molar-refractivity contribution in [3.8, 4) is 0 Å². The van der Waals surface area contributed by atoms with Crippen molar-refractivity contribution in [3.63, 3.8) is 0 Å². The van der Waals surface area contributed by atoms with Crippen LogP contribution in [0.1, 0.15) is 48.6 Å². The largest absolute Gasteiger partial charge is 0.396 e. The van der Waals surface area contributed by atoms with Gasteiger partial charge in [-0.2, -0.15) is 0 Å². The third-order valence-corrected chi connectivity index (χ3v) is 4.92. The van der Waals surface area contributed by atoms with E-state index < -0.39 is 0 Å². The van der Waals surface area contributed by atoms with Crippen LogP contribution >= 0.6 is 0 Å². The van der Waals surface area contributed by atoms with Crippen LogP contribution in [0.15, 0.2) is 18.3 Å². The van der Waals surface area contributed by atoms with Gasteiger partial charge in [0.25, 0.3) is 5.91 Å². The fourth-order valence-electron chi connectivity index (χ4n) is 3.68. The van der Waals surface area contributed by atoms with Crippen LogP contribution in [0.25, 0.3) is 0 Å². The van der Waals surface area contributed by atoms with Gasteiger partial charge in [-0.3, -0.25) is 4.79 Å². The van der Waals surface area contributed by atoms with Crippen molar-refractivity contribution in [2.75, 3.05) is 19.7 Å². The fraction of sp³-hybridized carbons (Fsp3) is 0.688. The van der Waals surface area contributed by atoms with Crippen LogP contribution in [0.2, 0.25) is 0 Å². The first-order chi connectivity index (χ1) is 10.3. The molecule has 5 nitrogen and oxygen atoms in total. The van der Waals surface area contributed by atoms with E-state index in [-0.39, 0.29) is 24.5 Å². The molecule has 1 saturated carbocycles. The van der Waals surface area contributed by atoms with E-state index in [9.17, 15) is 9.90 Å². The Bertz CT molecular complexity index is 480. The fourth-order valence-corrected chi connectivity index (χ4v) is 3.68. The molecule has 2 heterocycles. The number of carbonyl (C=O) groups excluding carboxylic acids is 1. The summed E-state index contributed by atoms with van der Waals surface area (Å²) in [7, 11) is 0. The zero-order valence-corrected chi connectivity index (χ0v) is 12.4. The summed E-state index contributed by atoms with van der Waals surface area (Å²) in [4.78, 5) is 12.6. The highest BCUT2D eigenvalue weighted by Gasteiger charge is 2.29. The summed E-state index contributed by atoms with van der Waals surface area (Å²) in [5.41, 5.74) is 0.755. The normalized spacial score (nSPS) is 26.9. The van der Waals surface area contributed by atoms with E-state index in [1.165, 1.54) is 0 Å². The molecule has 1 aliphatic heterocycles. The van der Waals surface area contributed by atoms with Gasteiger partial charge in [0.1, 0.15) is 5.69 Å². The Kier molecular flexibility index (Phi) is 4.60. The van der Waals surface area contributed by atoms with Gasteiger partial charge in [-0.1, -0.05) is 6.42 Å². The minimum Gasteiger partial charge on any atom is -0.396 e. The number of piperidine rings is 1. The van der Waals surface area contributed by atoms with Crippen molar-refractivity contribution in [1.29, 1.82) is 0 Å². The molecule has 0 spiro atoms. The highest BCUT2D eigenvalue weighted by atomic mass is 16.3. The van der Waals surface area contributed by atoms with Crippen molar-refractivity contribution in [2.24, 2.45) is 5.92 Å². The lowest BCUT2D eigenvalue weighted by Crippen LogP contribution is -2.40. The van der Waals surface area contributed by atoms with Crippen molar-refractivity contribution in [2.45, 2.75) is 44.2 Å². The highest BCUT2D eigenvalue weighted by Crippen LogP contribution is 2.26. The topological polar surface area (TPSA) is 66.3 Å². The summed E-state index contributed by atoms with van der Waals surface area (Å²) in [6.45, 7) is 2.19. The minimum absolute atomic E-state index is 0.00360. The maximum Gasteiger partial charge on any atom is 0.268 e. The van der Waals surface area contributed by atoms with Gasteiger partial charge < -0.3 is 20.3 Å². The number of aromatic nitrogens is 1. The predicted molar refractivity (Wildman–Crippen MR) is 81.3 cm³/mol. The molecule has 2 unspecified atom stereocenters. The molecule has 2 fully saturated rings. The molecule has 5 heteroatoms. The number of rotatable bonds is 4. The Balaban J connectivity index is 1.68.